The van der Waals surface area contributed by atoms with Crippen LogP contribution in [0.4, 0.5) is 19.0 Å². The predicted octanol–water partition coefficient (Wildman–Crippen LogP) is 3.32. The lowest BCUT2D eigenvalue weighted by atomic mass is 10.0. The SMILES string of the molecule is CC[C@H]1C[C@H](C(F)(F)F)n2nc([C@@H]3CCCN3S(=O)(=O)c3cnn(CC)c3)cc2N1. The van der Waals surface area contributed by atoms with Crippen LogP contribution in [0.25, 0.3) is 0 Å². The predicted molar refractivity (Wildman–Crippen MR) is 103 cm³/mol. The van der Waals surface area contributed by atoms with E-state index in [1.165, 1.54) is 21.4 Å². The number of hydrogen-bond donors (Lipinski definition) is 1. The van der Waals surface area contributed by atoms with Gasteiger partial charge in [0.2, 0.25) is 10.0 Å². The van der Waals surface area contributed by atoms with Crippen molar-refractivity contribution >= 4 is 15.8 Å². The van der Waals surface area contributed by atoms with E-state index in [9.17, 15) is 21.6 Å². The summed E-state index contributed by atoms with van der Waals surface area (Å²) < 4.78 is 71.0. The molecule has 2 aliphatic heterocycles. The zero-order valence-corrected chi connectivity index (χ0v) is 17.6. The van der Waals surface area contributed by atoms with Crippen molar-refractivity contribution in [2.45, 2.75) is 75.3 Å². The molecule has 4 rings (SSSR count). The number of aryl methyl sites for hydroxylation is 1. The first kappa shape index (κ1) is 21.2. The molecule has 166 valence electrons. The largest absolute Gasteiger partial charge is 0.410 e. The van der Waals surface area contributed by atoms with Crippen LogP contribution in [0, 0.1) is 0 Å². The van der Waals surface area contributed by atoms with Crippen molar-refractivity contribution in [2.24, 2.45) is 0 Å². The van der Waals surface area contributed by atoms with Crippen LogP contribution in [0.1, 0.15) is 57.3 Å². The average Bonchev–Trinajstić information content (AvgIpc) is 3.44. The Labute approximate surface area is 173 Å². The molecule has 2 aromatic rings. The van der Waals surface area contributed by atoms with E-state index in [1.54, 1.807) is 6.07 Å². The Balaban J connectivity index is 1.68. The molecule has 2 aromatic heterocycles. The Morgan fingerprint density at radius 2 is 2.07 bits per heavy atom. The zero-order chi connectivity index (χ0) is 21.7. The van der Waals surface area contributed by atoms with E-state index in [0.29, 0.717) is 38.0 Å². The van der Waals surface area contributed by atoms with Gasteiger partial charge in [0.05, 0.1) is 17.9 Å². The molecule has 0 unspecified atom stereocenters. The summed E-state index contributed by atoms with van der Waals surface area (Å²) in [6.07, 6.45) is -0.0815. The van der Waals surface area contributed by atoms with Gasteiger partial charge < -0.3 is 5.32 Å². The highest BCUT2D eigenvalue weighted by atomic mass is 32.2. The van der Waals surface area contributed by atoms with Crippen LogP contribution in [0.2, 0.25) is 0 Å². The molecule has 0 radical (unpaired) electrons. The van der Waals surface area contributed by atoms with E-state index in [0.717, 1.165) is 4.68 Å². The molecule has 1 N–H and O–H groups in total. The second-order valence-corrected chi connectivity index (χ2v) is 9.64. The van der Waals surface area contributed by atoms with Gasteiger partial charge in [-0.05, 0) is 32.6 Å². The topological polar surface area (TPSA) is 85.1 Å². The second kappa shape index (κ2) is 7.56. The highest BCUT2D eigenvalue weighted by molar-refractivity contribution is 7.89. The van der Waals surface area contributed by atoms with Gasteiger partial charge in [-0.15, -0.1) is 0 Å². The molecule has 0 amide bonds. The van der Waals surface area contributed by atoms with E-state index in [4.69, 9.17) is 0 Å². The number of fused-ring (bicyclic) bond motifs is 1. The summed E-state index contributed by atoms with van der Waals surface area (Å²) in [5.74, 6) is 0.286. The van der Waals surface area contributed by atoms with Gasteiger partial charge in [-0.25, -0.2) is 13.1 Å². The minimum atomic E-state index is -4.43. The van der Waals surface area contributed by atoms with Gasteiger partial charge >= 0.3 is 6.18 Å². The molecular formula is C18H25F3N6O2S. The van der Waals surface area contributed by atoms with E-state index in [2.05, 4.69) is 15.5 Å². The number of nitrogens with zero attached hydrogens (tertiary/aromatic N) is 5. The standard InChI is InChI=1S/C18H25F3N6O2S/c1-3-12-8-16(18(19,20)21)27-17(23-12)9-14(24-27)15-6-5-7-26(15)30(28,29)13-10-22-25(4-2)11-13/h9-12,15-16,23H,3-8H2,1-2H3/t12-,15-,16+/m0/s1. The fourth-order valence-electron chi connectivity index (χ4n) is 4.21. The van der Waals surface area contributed by atoms with Crippen molar-refractivity contribution in [3.8, 4) is 0 Å². The maximum atomic E-state index is 13.6. The normalized spacial score (nSPS) is 25.3. The van der Waals surface area contributed by atoms with Crippen molar-refractivity contribution in [1.82, 2.24) is 23.9 Å². The zero-order valence-electron chi connectivity index (χ0n) is 16.8. The van der Waals surface area contributed by atoms with Gasteiger partial charge in [0.15, 0.2) is 6.04 Å². The number of alkyl halides is 3. The summed E-state index contributed by atoms with van der Waals surface area (Å²) in [4.78, 5) is 0.0811. The van der Waals surface area contributed by atoms with Crippen molar-refractivity contribution in [3.05, 3.63) is 24.2 Å². The Morgan fingerprint density at radius 3 is 2.70 bits per heavy atom. The summed E-state index contributed by atoms with van der Waals surface area (Å²) >= 11 is 0. The van der Waals surface area contributed by atoms with E-state index >= 15 is 0 Å². The molecule has 30 heavy (non-hydrogen) atoms. The molecule has 1 fully saturated rings. The van der Waals surface area contributed by atoms with Crippen LogP contribution >= 0.6 is 0 Å². The van der Waals surface area contributed by atoms with E-state index in [-0.39, 0.29) is 23.2 Å². The molecule has 4 heterocycles. The van der Waals surface area contributed by atoms with Gasteiger partial charge in [-0.1, -0.05) is 6.92 Å². The summed E-state index contributed by atoms with van der Waals surface area (Å²) in [6.45, 7) is 4.52. The van der Waals surface area contributed by atoms with Crippen molar-refractivity contribution in [2.75, 3.05) is 11.9 Å². The first-order valence-electron chi connectivity index (χ1n) is 10.1. The smallest absolute Gasteiger partial charge is 0.367 e. The van der Waals surface area contributed by atoms with Crippen LogP contribution in [-0.4, -0.2) is 51.0 Å². The maximum absolute atomic E-state index is 13.6. The van der Waals surface area contributed by atoms with Gasteiger partial charge in [0.25, 0.3) is 0 Å². The first-order valence-corrected chi connectivity index (χ1v) is 11.6. The molecule has 0 saturated carbocycles. The Bertz CT molecular complexity index is 1020. The highest BCUT2D eigenvalue weighted by Gasteiger charge is 2.47. The Hall–Kier alpha value is -2.08. The third-order valence-corrected chi connectivity index (χ3v) is 7.73. The van der Waals surface area contributed by atoms with Crippen LogP contribution in [0.5, 0.6) is 0 Å². The van der Waals surface area contributed by atoms with Crippen LogP contribution in [0.15, 0.2) is 23.4 Å². The van der Waals surface area contributed by atoms with Gasteiger partial charge in [-0.3, -0.25) is 4.68 Å². The van der Waals surface area contributed by atoms with Gasteiger partial charge in [0, 0.05) is 31.4 Å². The molecule has 0 aliphatic carbocycles. The lowest BCUT2D eigenvalue weighted by Gasteiger charge is -2.32. The molecule has 8 nitrogen and oxygen atoms in total. The van der Waals surface area contributed by atoms with E-state index < -0.39 is 28.3 Å². The summed E-state index contributed by atoms with van der Waals surface area (Å²) in [5.41, 5.74) is 0.340. The quantitative estimate of drug-likeness (QED) is 0.762. The molecule has 2 aliphatic rings. The monoisotopic (exact) mass is 446 g/mol. The van der Waals surface area contributed by atoms with Crippen molar-refractivity contribution in [1.29, 1.82) is 0 Å². The second-order valence-electron chi connectivity index (χ2n) is 7.75. The highest BCUT2D eigenvalue weighted by Crippen LogP contribution is 2.43. The molecule has 1 saturated heterocycles. The van der Waals surface area contributed by atoms with E-state index in [1.807, 2.05) is 13.8 Å². The number of hydrogen-bond acceptors (Lipinski definition) is 5. The molecule has 3 atom stereocenters. The van der Waals surface area contributed by atoms with Crippen molar-refractivity contribution < 1.29 is 21.6 Å². The maximum Gasteiger partial charge on any atom is 0.410 e. The van der Waals surface area contributed by atoms with Crippen LogP contribution in [0.3, 0.4) is 0 Å². The summed E-state index contributed by atoms with van der Waals surface area (Å²) in [5, 5.41) is 11.4. The van der Waals surface area contributed by atoms with Crippen molar-refractivity contribution in [3.63, 3.8) is 0 Å². The fraction of sp³-hybridized carbons (Fsp3) is 0.667. The molecule has 12 heteroatoms. The lowest BCUT2D eigenvalue weighted by molar-refractivity contribution is -0.173. The fourth-order valence-corrected chi connectivity index (χ4v) is 5.83. The molecule has 0 bridgehead atoms. The molecule has 0 aromatic carbocycles. The third-order valence-electron chi connectivity index (χ3n) is 5.87. The Kier molecular flexibility index (Phi) is 5.33. The van der Waals surface area contributed by atoms with Gasteiger partial charge in [0.1, 0.15) is 10.7 Å². The minimum Gasteiger partial charge on any atom is -0.367 e. The van der Waals surface area contributed by atoms with Crippen LogP contribution in [-0.2, 0) is 16.6 Å². The summed E-state index contributed by atoms with van der Waals surface area (Å²) in [7, 11) is -3.83. The minimum absolute atomic E-state index is 0.0811. The molecular weight excluding hydrogens is 421 g/mol. The van der Waals surface area contributed by atoms with Gasteiger partial charge in [-0.2, -0.15) is 27.7 Å². The Morgan fingerprint density at radius 1 is 1.30 bits per heavy atom. The number of rotatable bonds is 5. The number of anilines is 1. The van der Waals surface area contributed by atoms with Crippen LogP contribution < -0.4 is 5.32 Å². The number of halogens is 3. The summed E-state index contributed by atoms with van der Waals surface area (Å²) in [6, 6.07) is -1.07. The average molecular weight is 446 g/mol. The molecule has 0 spiro atoms. The lowest BCUT2D eigenvalue weighted by Crippen LogP contribution is -2.39. The first-order chi connectivity index (χ1) is 14.1. The third kappa shape index (κ3) is 3.59. The number of sulfonamides is 1. The number of aromatic nitrogens is 4. The number of nitrogens with one attached hydrogen (secondary N) is 1.